The van der Waals surface area contributed by atoms with Crippen LogP contribution in [0.1, 0.15) is 34.6 Å². The number of fused-ring (bicyclic) bond motifs is 1. The molecule has 5 nitrogen and oxygen atoms in total. The van der Waals surface area contributed by atoms with Gasteiger partial charge in [-0.05, 0) is 47.5 Å². The zero-order valence-electron chi connectivity index (χ0n) is 15.2. The Kier molecular flexibility index (Phi) is 7.35. The number of hydrogen-bond acceptors (Lipinski definition) is 4. The Hall–Kier alpha value is -1.96. The minimum atomic E-state index is -0.748. The van der Waals surface area contributed by atoms with Crippen LogP contribution in [-0.2, 0) is 17.8 Å². The van der Waals surface area contributed by atoms with Gasteiger partial charge in [0.25, 0.3) is 5.91 Å². The monoisotopic (exact) mass is 411 g/mol. The maximum atomic E-state index is 14.7. The van der Waals surface area contributed by atoms with Crippen molar-refractivity contribution >= 4 is 41.2 Å². The molecule has 2 heterocycles. The van der Waals surface area contributed by atoms with E-state index in [9.17, 15) is 14.0 Å². The summed E-state index contributed by atoms with van der Waals surface area (Å²) in [4.78, 5) is 25.5. The van der Waals surface area contributed by atoms with Crippen LogP contribution in [0.15, 0.2) is 29.6 Å². The van der Waals surface area contributed by atoms with Gasteiger partial charge in [-0.15, -0.1) is 23.7 Å². The Bertz CT molecular complexity index is 812. The molecule has 3 rings (SSSR count). The van der Waals surface area contributed by atoms with E-state index >= 15 is 0 Å². The number of nitrogens with one attached hydrogen (secondary N) is 3. The summed E-state index contributed by atoms with van der Waals surface area (Å²) in [5.41, 5.74) is 1.72. The van der Waals surface area contributed by atoms with Gasteiger partial charge in [0.1, 0.15) is 11.9 Å². The number of benzene rings is 1. The maximum Gasteiger partial charge on any atom is 0.262 e. The average molecular weight is 412 g/mol. The maximum absolute atomic E-state index is 14.7. The van der Waals surface area contributed by atoms with Crippen LogP contribution in [0.2, 0.25) is 0 Å². The van der Waals surface area contributed by atoms with E-state index in [0.29, 0.717) is 30.0 Å². The third-order valence-electron chi connectivity index (χ3n) is 4.45. The van der Waals surface area contributed by atoms with Crippen LogP contribution in [0.25, 0.3) is 0 Å². The van der Waals surface area contributed by atoms with Crippen molar-refractivity contribution in [2.45, 2.75) is 32.9 Å². The summed E-state index contributed by atoms with van der Waals surface area (Å²) in [5.74, 6) is -1.24. The highest BCUT2D eigenvalue weighted by atomic mass is 35.5. The summed E-state index contributed by atoms with van der Waals surface area (Å²) in [5, 5.41) is 10.4. The van der Waals surface area contributed by atoms with E-state index in [2.05, 4.69) is 16.0 Å². The minimum Gasteiger partial charge on any atom is -0.339 e. The normalized spacial score (nSPS) is 14.1. The minimum absolute atomic E-state index is 0. The van der Waals surface area contributed by atoms with Gasteiger partial charge in [0, 0.05) is 6.54 Å². The molecule has 1 aliphatic heterocycles. The number of carbonyl (C=O) groups is 2. The first-order chi connectivity index (χ1) is 12.5. The highest BCUT2D eigenvalue weighted by Gasteiger charge is 2.26. The van der Waals surface area contributed by atoms with Crippen molar-refractivity contribution < 1.29 is 14.0 Å². The summed E-state index contributed by atoms with van der Waals surface area (Å²) in [6.07, 6.45) is 0.591. The van der Waals surface area contributed by atoms with E-state index < -0.39 is 11.9 Å². The smallest absolute Gasteiger partial charge is 0.262 e. The zero-order valence-corrected chi connectivity index (χ0v) is 16.8. The zero-order chi connectivity index (χ0) is 18.7. The van der Waals surface area contributed by atoms with Crippen molar-refractivity contribution in [1.29, 1.82) is 0 Å². The summed E-state index contributed by atoms with van der Waals surface area (Å²) in [6.45, 7) is 5.03. The molecule has 0 saturated heterocycles. The third-order valence-corrected chi connectivity index (χ3v) is 5.31. The first-order valence-corrected chi connectivity index (χ1v) is 9.51. The Labute approximate surface area is 168 Å². The molecule has 8 heteroatoms. The quantitative estimate of drug-likeness (QED) is 0.706. The van der Waals surface area contributed by atoms with E-state index in [-0.39, 0.29) is 35.7 Å². The van der Waals surface area contributed by atoms with Crippen molar-refractivity contribution in [3.05, 3.63) is 51.5 Å². The van der Waals surface area contributed by atoms with Gasteiger partial charge < -0.3 is 16.0 Å². The average Bonchev–Trinajstić information content (AvgIpc) is 3.16. The van der Waals surface area contributed by atoms with Gasteiger partial charge >= 0.3 is 0 Å². The molecular weight excluding hydrogens is 389 g/mol. The van der Waals surface area contributed by atoms with Crippen LogP contribution in [0.4, 0.5) is 10.1 Å². The molecule has 0 saturated carbocycles. The van der Waals surface area contributed by atoms with Crippen LogP contribution in [-0.4, -0.2) is 24.4 Å². The molecule has 1 aromatic heterocycles. The number of rotatable bonds is 5. The lowest BCUT2D eigenvalue weighted by molar-refractivity contribution is -0.118. The largest absolute Gasteiger partial charge is 0.339 e. The van der Waals surface area contributed by atoms with Crippen molar-refractivity contribution in [1.82, 2.24) is 10.6 Å². The highest BCUT2D eigenvalue weighted by Crippen LogP contribution is 2.25. The van der Waals surface area contributed by atoms with Gasteiger partial charge in [0.2, 0.25) is 5.91 Å². The Balaban J connectivity index is 0.00000261. The molecule has 0 fully saturated rings. The molecule has 2 aromatic rings. The predicted octanol–water partition coefficient (Wildman–Crippen LogP) is 3.35. The fourth-order valence-corrected chi connectivity index (χ4v) is 3.62. The van der Waals surface area contributed by atoms with Gasteiger partial charge in [-0.25, -0.2) is 4.39 Å². The van der Waals surface area contributed by atoms with Crippen LogP contribution < -0.4 is 16.0 Å². The Morgan fingerprint density at radius 3 is 2.70 bits per heavy atom. The summed E-state index contributed by atoms with van der Waals surface area (Å²) in [6, 6.07) is 6.14. The second kappa shape index (κ2) is 9.30. The SMILES string of the molecule is CC(C)C(NC(=O)c1cccs1)C(=O)Nc1ccc2c(c1F)CCNC2.Cl. The molecule has 0 spiro atoms. The number of carbonyl (C=O) groups excluding carboxylic acids is 2. The van der Waals surface area contributed by atoms with Crippen LogP contribution in [0.5, 0.6) is 0 Å². The molecule has 3 N–H and O–H groups in total. The summed E-state index contributed by atoms with van der Waals surface area (Å²) >= 11 is 1.31. The van der Waals surface area contributed by atoms with Crippen molar-refractivity contribution in [2.75, 3.05) is 11.9 Å². The van der Waals surface area contributed by atoms with E-state index in [1.165, 1.54) is 11.3 Å². The molecule has 0 bridgehead atoms. The molecule has 2 amide bonds. The second-order valence-electron chi connectivity index (χ2n) is 6.65. The number of hydrogen-bond donors (Lipinski definition) is 3. The number of thiophene rings is 1. The van der Waals surface area contributed by atoms with E-state index in [4.69, 9.17) is 0 Å². The van der Waals surface area contributed by atoms with E-state index in [1.807, 2.05) is 19.9 Å². The summed E-state index contributed by atoms with van der Waals surface area (Å²) in [7, 11) is 0. The molecule has 0 aliphatic carbocycles. The third kappa shape index (κ3) is 4.86. The predicted molar refractivity (Wildman–Crippen MR) is 108 cm³/mol. The number of halogens is 2. The molecule has 1 aromatic carbocycles. The first-order valence-electron chi connectivity index (χ1n) is 8.63. The Morgan fingerprint density at radius 2 is 2.04 bits per heavy atom. The molecule has 27 heavy (non-hydrogen) atoms. The summed E-state index contributed by atoms with van der Waals surface area (Å²) < 4.78 is 14.7. The fraction of sp³-hybridized carbons (Fsp3) is 0.368. The van der Waals surface area contributed by atoms with Gasteiger partial charge in [-0.1, -0.05) is 26.0 Å². The lowest BCUT2D eigenvalue weighted by atomic mass is 9.99. The fourth-order valence-electron chi connectivity index (χ4n) is 3.00. The van der Waals surface area contributed by atoms with Gasteiger partial charge in [-0.3, -0.25) is 9.59 Å². The lowest BCUT2D eigenvalue weighted by Gasteiger charge is -2.23. The van der Waals surface area contributed by atoms with Gasteiger partial charge in [0.15, 0.2) is 0 Å². The standard InChI is InChI=1S/C19H22FN3O2S.ClH/c1-11(2)17(23-18(24)15-4-3-9-26-15)19(25)22-14-6-5-12-10-21-8-7-13(12)16(14)20;/h3-6,9,11,17,21H,7-8,10H2,1-2H3,(H,22,25)(H,23,24);1H. The molecule has 0 radical (unpaired) electrons. The highest BCUT2D eigenvalue weighted by molar-refractivity contribution is 7.12. The second-order valence-corrected chi connectivity index (χ2v) is 7.60. The molecule has 1 aliphatic rings. The van der Waals surface area contributed by atoms with Gasteiger partial charge in [-0.2, -0.15) is 0 Å². The number of amides is 2. The van der Waals surface area contributed by atoms with Gasteiger partial charge in [0.05, 0.1) is 10.6 Å². The molecule has 146 valence electrons. The van der Waals surface area contributed by atoms with E-state index in [0.717, 1.165) is 5.56 Å². The number of anilines is 1. The van der Waals surface area contributed by atoms with Crippen molar-refractivity contribution in [3.8, 4) is 0 Å². The van der Waals surface area contributed by atoms with Crippen LogP contribution >= 0.6 is 23.7 Å². The molecule has 1 unspecified atom stereocenters. The first kappa shape index (κ1) is 21.3. The topological polar surface area (TPSA) is 70.2 Å². The van der Waals surface area contributed by atoms with E-state index in [1.54, 1.807) is 23.6 Å². The molecule has 1 atom stereocenters. The van der Waals surface area contributed by atoms with Crippen LogP contribution in [0, 0.1) is 11.7 Å². The lowest BCUT2D eigenvalue weighted by Crippen LogP contribution is -2.47. The Morgan fingerprint density at radius 1 is 1.26 bits per heavy atom. The van der Waals surface area contributed by atoms with Crippen molar-refractivity contribution in [2.24, 2.45) is 5.92 Å². The van der Waals surface area contributed by atoms with Crippen molar-refractivity contribution in [3.63, 3.8) is 0 Å². The molecular formula is C19H23ClFN3O2S. The van der Waals surface area contributed by atoms with Crippen LogP contribution in [0.3, 0.4) is 0 Å².